The summed E-state index contributed by atoms with van der Waals surface area (Å²) in [5, 5.41) is 2.76. The number of benzene rings is 2. The molecule has 4 nitrogen and oxygen atoms in total. The van der Waals surface area contributed by atoms with Crippen molar-refractivity contribution in [1.82, 2.24) is 10.3 Å². The van der Waals surface area contributed by atoms with Gasteiger partial charge in [0.25, 0.3) is 5.91 Å². The van der Waals surface area contributed by atoms with E-state index in [1.165, 1.54) is 18.3 Å². The normalized spacial score (nSPS) is 11.1. The third kappa shape index (κ3) is 5.07. The van der Waals surface area contributed by atoms with E-state index in [9.17, 15) is 18.0 Å². The Morgan fingerprint density at radius 3 is 2.44 bits per heavy atom. The van der Waals surface area contributed by atoms with Crippen LogP contribution in [0.5, 0.6) is 11.5 Å². The van der Waals surface area contributed by atoms with Gasteiger partial charge in [-0.05, 0) is 48.0 Å². The van der Waals surface area contributed by atoms with Crippen molar-refractivity contribution < 1.29 is 22.7 Å². The molecule has 0 bridgehead atoms. The Bertz CT molecular complexity index is 911. The summed E-state index contributed by atoms with van der Waals surface area (Å²) in [4.78, 5) is 15.9. The van der Waals surface area contributed by atoms with Gasteiger partial charge in [0.1, 0.15) is 11.5 Å². The highest BCUT2D eigenvalue weighted by atomic mass is 19.4. The Morgan fingerprint density at radius 1 is 1.00 bits per heavy atom. The minimum Gasteiger partial charge on any atom is -0.457 e. The first-order valence-electron chi connectivity index (χ1n) is 8.04. The number of nitrogens with zero attached hydrogens (tertiary/aromatic N) is 1. The topological polar surface area (TPSA) is 51.2 Å². The number of hydrogen-bond acceptors (Lipinski definition) is 3. The van der Waals surface area contributed by atoms with Gasteiger partial charge in [-0.1, -0.05) is 18.2 Å². The monoisotopic (exact) mass is 372 g/mol. The van der Waals surface area contributed by atoms with Gasteiger partial charge >= 0.3 is 6.18 Å². The van der Waals surface area contributed by atoms with Crippen molar-refractivity contribution in [2.45, 2.75) is 12.7 Å². The highest BCUT2D eigenvalue weighted by Crippen LogP contribution is 2.32. The quantitative estimate of drug-likeness (QED) is 0.698. The van der Waals surface area contributed by atoms with E-state index in [1.54, 1.807) is 42.6 Å². The van der Waals surface area contributed by atoms with Gasteiger partial charge < -0.3 is 10.1 Å². The van der Waals surface area contributed by atoms with Gasteiger partial charge in [-0.2, -0.15) is 13.2 Å². The number of halogens is 3. The molecular weight excluding hydrogens is 357 g/mol. The van der Waals surface area contributed by atoms with Crippen LogP contribution in [0.3, 0.4) is 0 Å². The predicted octanol–water partition coefficient (Wildman–Crippen LogP) is 4.82. The van der Waals surface area contributed by atoms with Crippen LogP contribution in [0.1, 0.15) is 21.5 Å². The molecule has 0 aliphatic rings. The second-order valence-electron chi connectivity index (χ2n) is 5.70. The molecule has 138 valence electrons. The molecular formula is C20H15F3N2O2. The van der Waals surface area contributed by atoms with Crippen LogP contribution in [0.15, 0.2) is 73.1 Å². The van der Waals surface area contributed by atoms with Crippen molar-refractivity contribution in [2.24, 2.45) is 0 Å². The van der Waals surface area contributed by atoms with Crippen LogP contribution < -0.4 is 10.1 Å². The molecule has 2 aromatic carbocycles. The van der Waals surface area contributed by atoms with Crippen LogP contribution in [0, 0.1) is 0 Å². The molecule has 0 aliphatic heterocycles. The van der Waals surface area contributed by atoms with Gasteiger partial charge in [-0.3, -0.25) is 9.78 Å². The van der Waals surface area contributed by atoms with Crippen molar-refractivity contribution >= 4 is 5.91 Å². The van der Waals surface area contributed by atoms with E-state index >= 15 is 0 Å². The van der Waals surface area contributed by atoms with Gasteiger partial charge in [-0.25, -0.2) is 0 Å². The molecule has 0 saturated carbocycles. The maximum absolute atomic E-state index is 12.7. The van der Waals surface area contributed by atoms with E-state index in [1.807, 2.05) is 0 Å². The number of pyridine rings is 1. The molecule has 27 heavy (non-hydrogen) atoms. The summed E-state index contributed by atoms with van der Waals surface area (Å²) in [6, 6.07) is 14.7. The first-order valence-corrected chi connectivity index (χ1v) is 8.04. The SMILES string of the molecule is O=C(NCc1ccc(Oc2cccc(C(F)(F)F)c2)cc1)c1cccnc1. The lowest BCUT2D eigenvalue weighted by Crippen LogP contribution is -2.22. The molecule has 0 saturated heterocycles. The Morgan fingerprint density at radius 2 is 1.78 bits per heavy atom. The Labute approximate surface area is 153 Å². The fraction of sp³-hybridized carbons (Fsp3) is 0.100. The molecule has 3 aromatic rings. The molecule has 0 fully saturated rings. The van der Waals surface area contributed by atoms with E-state index in [0.717, 1.165) is 17.7 Å². The maximum Gasteiger partial charge on any atom is 0.416 e. The second kappa shape index (κ2) is 7.90. The number of carbonyl (C=O) groups is 1. The van der Waals surface area contributed by atoms with E-state index in [2.05, 4.69) is 10.3 Å². The second-order valence-corrected chi connectivity index (χ2v) is 5.70. The third-order valence-corrected chi connectivity index (χ3v) is 3.70. The average molecular weight is 372 g/mol. The molecule has 7 heteroatoms. The van der Waals surface area contributed by atoms with Crippen molar-refractivity contribution in [3.05, 3.63) is 89.7 Å². The van der Waals surface area contributed by atoms with Crippen LogP contribution >= 0.6 is 0 Å². The van der Waals surface area contributed by atoms with Gasteiger partial charge in [-0.15, -0.1) is 0 Å². The van der Waals surface area contributed by atoms with E-state index in [4.69, 9.17) is 4.74 Å². The van der Waals surface area contributed by atoms with Gasteiger partial charge in [0.2, 0.25) is 0 Å². The maximum atomic E-state index is 12.7. The fourth-order valence-corrected chi connectivity index (χ4v) is 2.33. The average Bonchev–Trinajstić information content (AvgIpc) is 2.67. The summed E-state index contributed by atoms with van der Waals surface area (Å²) in [5.74, 6) is 0.256. The third-order valence-electron chi connectivity index (χ3n) is 3.70. The summed E-state index contributed by atoms with van der Waals surface area (Å²) in [7, 11) is 0. The minimum atomic E-state index is -4.42. The van der Waals surface area contributed by atoms with Crippen molar-refractivity contribution in [1.29, 1.82) is 0 Å². The molecule has 1 N–H and O–H groups in total. The van der Waals surface area contributed by atoms with Crippen LogP contribution in [0.4, 0.5) is 13.2 Å². The predicted molar refractivity (Wildman–Crippen MR) is 93.4 cm³/mol. The summed E-state index contributed by atoms with van der Waals surface area (Å²) < 4.78 is 43.7. The van der Waals surface area contributed by atoms with Crippen molar-refractivity contribution in [3.63, 3.8) is 0 Å². The number of carbonyl (C=O) groups excluding carboxylic acids is 1. The van der Waals surface area contributed by atoms with Gasteiger partial charge in [0.15, 0.2) is 0 Å². The standard InChI is InChI=1S/C20H15F3N2O2/c21-20(22,23)16-4-1-5-18(11-16)27-17-8-6-14(7-9-17)12-25-19(26)15-3-2-10-24-13-15/h1-11,13H,12H2,(H,25,26). The molecule has 1 amide bonds. The summed E-state index contributed by atoms with van der Waals surface area (Å²) in [5.41, 5.74) is 0.514. The van der Waals surface area contributed by atoms with Crippen LogP contribution in [0.25, 0.3) is 0 Å². The minimum absolute atomic E-state index is 0.0995. The molecule has 0 spiro atoms. The molecule has 0 radical (unpaired) electrons. The Hall–Kier alpha value is -3.35. The van der Waals surface area contributed by atoms with Crippen LogP contribution in [-0.4, -0.2) is 10.9 Å². The van der Waals surface area contributed by atoms with E-state index < -0.39 is 11.7 Å². The molecule has 0 atom stereocenters. The molecule has 3 rings (SSSR count). The lowest BCUT2D eigenvalue weighted by molar-refractivity contribution is -0.137. The highest BCUT2D eigenvalue weighted by molar-refractivity contribution is 5.93. The molecule has 1 heterocycles. The van der Waals surface area contributed by atoms with E-state index in [0.29, 0.717) is 17.9 Å². The molecule has 1 aromatic heterocycles. The number of ether oxygens (including phenoxy) is 1. The summed E-state index contributed by atoms with van der Waals surface area (Å²) >= 11 is 0. The highest BCUT2D eigenvalue weighted by Gasteiger charge is 2.30. The van der Waals surface area contributed by atoms with E-state index in [-0.39, 0.29) is 11.7 Å². The van der Waals surface area contributed by atoms with Crippen LogP contribution in [-0.2, 0) is 12.7 Å². The zero-order valence-electron chi connectivity index (χ0n) is 14.0. The first-order chi connectivity index (χ1) is 12.9. The summed E-state index contributed by atoms with van der Waals surface area (Å²) in [6.45, 7) is 0.303. The Balaban J connectivity index is 1.60. The van der Waals surface area contributed by atoms with Crippen molar-refractivity contribution in [3.8, 4) is 11.5 Å². The smallest absolute Gasteiger partial charge is 0.416 e. The fourth-order valence-electron chi connectivity index (χ4n) is 2.33. The number of amides is 1. The number of rotatable bonds is 5. The zero-order chi connectivity index (χ0) is 19.3. The first kappa shape index (κ1) is 18.4. The number of aromatic nitrogens is 1. The molecule has 0 unspecified atom stereocenters. The lowest BCUT2D eigenvalue weighted by atomic mass is 10.2. The van der Waals surface area contributed by atoms with Crippen LogP contribution in [0.2, 0.25) is 0 Å². The number of hydrogen-bond donors (Lipinski definition) is 1. The summed E-state index contributed by atoms with van der Waals surface area (Å²) in [6.07, 6.45) is -1.36. The Kier molecular flexibility index (Phi) is 5.40. The zero-order valence-corrected chi connectivity index (χ0v) is 14.0. The number of alkyl halides is 3. The largest absolute Gasteiger partial charge is 0.457 e. The lowest BCUT2D eigenvalue weighted by Gasteiger charge is -2.10. The van der Waals surface area contributed by atoms with Gasteiger partial charge in [0, 0.05) is 18.9 Å². The van der Waals surface area contributed by atoms with Crippen molar-refractivity contribution in [2.75, 3.05) is 0 Å². The number of nitrogens with one attached hydrogen (secondary N) is 1. The van der Waals surface area contributed by atoms with Gasteiger partial charge in [0.05, 0.1) is 11.1 Å². The molecule has 0 aliphatic carbocycles.